The average molecular weight is 332 g/mol. The molecule has 0 spiro atoms. The number of ether oxygens (including phenoxy) is 1. The first-order valence-corrected chi connectivity index (χ1v) is 8.37. The van der Waals surface area contributed by atoms with Crippen LogP contribution in [0.4, 0.5) is 5.69 Å². The number of carbonyl (C=O) groups excluding carboxylic acids is 1. The van der Waals surface area contributed by atoms with Gasteiger partial charge in [-0.15, -0.1) is 4.37 Å². The Balaban J connectivity index is 1.58. The highest BCUT2D eigenvalue weighted by Crippen LogP contribution is 2.20. The Hall–Kier alpha value is -2.15. The molecule has 1 aliphatic heterocycles. The van der Waals surface area contributed by atoms with Crippen LogP contribution < -0.4 is 9.64 Å². The van der Waals surface area contributed by atoms with Crippen molar-refractivity contribution in [3.63, 3.8) is 0 Å². The highest BCUT2D eigenvalue weighted by molar-refractivity contribution is 6.99. The fourth-order valence-corrected chi connectivity index (χ4v) is 3.01. The zero-order valence-electron chi connectivity index (χ0n) is 13.3. The van der Waals surface area contributed by atoms with Crippen LogP contribution in [-0.4, -0.2) is 52.8 Å². The molecule has 0 atom stereocenters. The van der Waals surface area contributed by atoms with Gasteiger partial charge in [-0.05, 0) is 18.2 Å². The van der Waals surface area contributed by atoms with Crippen molar-refractivity contribution >= 4 is 23.3 Å². The lowest BCUT2D eigenvalue weighted by atomic mass is 10.1. The van der Waals surface area contributed by atoms with Gasteiger partial charge in [0.15, 0.2) is 0 Å². The van der Waals surface area contributed by atoms with Gasteiger partial charge in [-0.25, -0.2) is 0 Å². The Morgan fingerprint density at radius 1 is 1.35 bits per heavy atom. The van der Waals surface area contributed by atoms with E-state index in [0.717, 1.165) is 35.8 Å². The lowest BCUT2D eigenvalue weighted by Gasteiger charge is -2.31. The third-order valence-corrected chi connectivity index (χ3v) is 4.43. The predicted octanol–water partition coefficient (Wildman–Crippen LogP) is 2.29. The van der Waals surface area contributed by atoms with E-state index >= 15 is 0 Å². The van der Waals surface area contributed by atoms with Gasteiger partial charge in [0.2, 0.25) is 5.88 Å². The molecule has 7 heteroatoms. The third-order valence-electron chi connectivity index (χ3n) is 3.97. The lowest BCUT2D eigenvalue weighted by molar-refractivity contribution is 0.0589. The number of amides is 1. The smallest absolute Gasteiger partial charge is 0.253 e. The highest BCUT2D eigenvalue weighted by atomic mass is 32.1. The van der Waals surface area contributed by atoms with Crippen LogP contribution in [-0.2, 0) is 0 Å². The third kappa shape index (κ3) is 3.79. The van der Waals surface area contributed by atoms with E-state index in [2.05, 4.69) is 8.75 Å². The molecule has 1 amide bonds. The van der Waals surface area contributed by atoms with Gasteiger partial charge in [-0.2, -0.15) is 4.37 Å². The summed E-state index contributed by atoms with van der Waals surface area (Å²) in [5.74, 6) is 0.668. The molecule has 0 aliphatic carbocycles. The molecule has 1 fully saturated rings. The molecular weight excluding hydrogens is 312 g/mol. The molecule has 1 aromatic heterocycles. The molecule has 0 bridgehead atoms. The zero-order chi connectivity index (χ0) is 16.2. The Morgan fingerprint density at radius 2 is 2.13 bits per heavy atom. The number of piperidine rings is 1. The number of hydrogen-bond acceptors (Lipinski definition) is 6. The first-order chi connectivity index (χ1) is 11.1. The molecule has 2 aromatic rings. The fourth-order valence-electron chi connectivity index (χ4n) is 2.66. The topological polar surface area (TPSA) is 58.6 Å². The van der Waals surface area contributed by atoms with E-state index in [9.17, 15) is 4.79 Å². The highest BCUT2D eigenvalue weighted by Gasteiger charge is 2.25. The minimum Gasteiger partial charge on any atom is -0.472 e. The van der Waals surface area contributed by atoms with Gasteiger partial charge >= 0.3 is 0 Å². The molecule has 0 saturated carbocycles. The van der Waals surface area contributed by atoms with Crippen molar-refractivity contribution in [1.29, 1.82) is 0 Å². The Bertz CT molecular complexity index is 652. The van der Waals surface area contributed by atoms with Crippen LogP contribution in [0.1, 0.15) is 23.2 Å². The van der Waals surface area contributed by atoms with Gasteiger partial charge in [0, 0.05) is 51.3 Å². The summed E-state index contributed by atoms with van der Waals surface area (Å²) in [7, 11) is 3.94. The van der Waals surface area contributed by atoms with E-state index in [1.807, 2.05) is 48.2 Å². The normalized spacial score (nSPS) is 15.5. The van der Waals surface area contributed by atoms with Gasteiger partial charge in [0.1, 0.15) is 12.3 Å². The SMILES string of the molecule is CN(C)c1cccc(C(=O)N2CCC(Oc3cnsn3)CC2)c1. The molecule has 23 heavy (non-hydrogen) atoms. The van der Waals surface area contributed by atoms with E-state index in [-0.39, 0.29) is 12.0 Å². The number of aromatic nitrogens is 2. The van der Waals surface area contributed by atoms with Crippen LogP contribution in [0.25, 0.3) is 0 Å². The van der Waals surface area contributed by atoms with Gasteiger partial charge in [-0.3, -0.25) is 4.79 Å². The average Bonchev–Trinajstić information content (AvgIpc) is 3.08. The number of hydrogen-bond donors (Lipinski definition) is 0. The molecule has 1 saturated heterocycles. The van der Waals surface area contributed by atoms with E-state index in [4.69, 9.17) is 4.74 Å². The van der Waals surface area contributed by atoms with Crippen LogP contribution >= 0.6 is 11.7 Å². The second kappa shape index (κ2) is 6.95. The van der Waals surface area contributed by atoms with Crippen LogP contribution in [0.5, 0.6) is 5.88 Å². The molecule has 0 radical (unpaired) electrons. The van der Waals surface area contributed by atoms with E-state index in [1.165, 1.54) is 0 Å². The Morgan fingerprint density at radius 3 is 2.78 bits per heavy atom. The van der Waals surface area contributed by atoms with Crippen molar-refractivity contribution in [2.75, 3.05) is 32.1 Å². The first-order valence-electron chi connectivity index (χ1n) is 7.64. The maximum Gasteiger partial charge on any atom is 0.253 e. The van der Waals surface area contributed by atoms with Crippen molar-refractivity contribution in [2.45, 2.75) is 18.9 Å². The molecular formula is C16H20N4O2S. The fraction of sp³-hybridized carbons (Fsp3) is 0.438. The second-order valence-electron chi connectivity index (χ2n) is 5.80. The number of benzene rings is 1. The van der Waals surface area contributed by atoms with Crippen LogP contribution in [0.3, 0.4) is 0 Å². The summed E-state index contributed by atoms with van der Waals surface area (Å²) in [5, 5.41) is 0. The van der Waals surface area contributed by atoms with E-state index in [1.54, 1.807) is 6.20 Å². The van der Waals surface area contributed by atoms with Crippen LogP contribution in [0.15, 0.2) is 30.5 Å². The molecule has 0 N–H and O–H groups in total. The van der Waals surface area contributed by atoms with Gasteiger partial charge in [0.05, 0.1) is 11.7 Å². The summed E-state index contributed by atoms with van der Waals surface area (Å²) in [4.78, 5) is 16.5. The molecule has 122 valence electrons. The van der Waals surface area contributed by atoms with Gasteiger partial charge in [0.25, 0.3) is 5.91 Å². The summed E-state index contributed by atoms with van der Waals surface area (Å²) in [6.07, 6.45) is 3.37. The Kier molecular flexibility index (Phi) is 4.76. The molecule has 3 rings (SSSR count). The summed E-state index contributed by atoms with van der Waals surface area (Å²) >= 11 is 1.14. The lowest BCUT2D eigenvalue weighted by Crippen LogP contribution is -2.41. The molecule has 1 aromatic carbocycles. The predicted molar refractivity (Wildman–Crippen MR) is 90.2 cm³/mol. The maximum absolute atomic E-state index is 12.6. The van der Waals surface area contributed by atoms with E-state index < -0.39 is 0 Å². The van der Waals surface area contributed by atoms with Gasteiger partial charge < -0.3 is 14.5 Å². The minimum absolute atomic E-state index is 0.0856. The minimum atomic E-state index is 0.0856. The number of nitrogens with zero attached hydrogens (tertiary/aromatic N) is 4. The van der Waals surface area contributed by atoms with Crippen LogP contribution in [0.2, 0.25) is 0 Å². The van der Waals surface area contributed by atoms with Crippen molar-refractivity contribution in [3.05, 3.63) is 36.0 Å². The summed E-state index contributed by atoms with van der Waals surface area (Å²) < 4.78 is 13.8. The van der Waals surface area contributed by atoms with Gasteiger partial charge in [-0.1, -0.05) is 6.07 Å². The van der Waals surface area contributed by atoms with E-state index in [0.29, 0.717) is 19.0 Å². The summed E-state index contributed by atoms with van der Waals surface area (Å²) in [6.45, 7) is 1.40. The molecule has 6 nitrogen and oxygen atoms in total. The number of anilines is 1. The molecule has 1 aliphatic rings. The monoisotopic (exact) mass is 332 g/mol. The zero-order valence-corrected chi connectivity index (χ0v) is 14.1. The Labute approximate surface area is 140 Å². The maximum atomic E-state index is 12.6. The van der Waals surface area contributed by atoms with Crippen molar-refractivity contribution < 1.29 is 9.53 Å². The first kappa shape index (κ1) is 15.7. The van der Waals surface area contributed by atoms with Crippen molar-refractivity contribution in [1.82, 2.24) is 13.6 Å². The largest absolute Gasteiger partial charge is 0.472 e. The second-order valence-corrected chi connectivity index (χ2v) is 6.36. The quantitative estimate of drug-likeness (QED) is 0.860. The van der Waals surface area contributed by atoms with Crippen LogP contribution in [0, 0.1) is 0 Å². The number of rotatable bonds is 4. The number of carbonyl (C=O) groups is 1. The summed E-state index contributed by atoms with van der Waals surface area (Å²) in [6, 6.07) is 7.73. The standard InChI is InChI=1S/C16H20N4O2S/c1-19(2)13-5-3-4-12(10-13)16(21)20-8-6-14(7-9-20)22-15-11-17-23-18-15/h3-5,10-11,14H,6-9H2,1-2H3. The summed E-state index contributed by atoms with van der Waals surface area (Å²) in [5.41, 5.74) is 1.77. The molecule has 0 unspecified atom stereocenters. The van der Waals surface area contributed by atoms with Crippen molar-refractivity contribution in [2.24, 2.45) is 0 Å². The number of likely N-dealkylation sites (tertiary alicyclic amines) is 1. The molecule has 2 heterocycles. The van der Waals surface area contributed by atoms with Crippen molar-refractivity contribution in [3.8, 4) is 5.88 Å².